The van der Waals surface area contributed by atoms with Gasteiger partial charge in [-0.2, -0.15) is 0 Å². The molecular formula is C19H33N5O7. The number of rotatable bonds is 13. The number of carbonyl (C=O) groups excluding carboxylic acids is 3. The molecule has 0 bridgehead atoms. The Balaban J connectivity index is 2.76. The van der Waals surface area contributed by atoms with E-state index in [0.717, 1.165) is 11.3 Å². The van der Waals surface area contributed by atoms with Crippen molar-refractivity contribution in [3.63, 3.8) is 0 Å². The van der Waals surface area contributed by atoms with Crippen LogP contribution in [-0.4, -0.2) is 82.0 Å². The first-order valence-electron chi connectivity index (χ1n) is 10.4. The van der Waals surface area contributed by atoms with Crippen molar-refractivity contribution < 1.29 is 34.2 Å². The summed E-state index contributed by atoms with van der Waals surface area (Å²) in [5.74, 6) is -4.20. The number of unbranched alkanes of at least 4 members (excludes halogenated alkanes) is 1. The van der Waals surface area contributed by atoms with Crippen molar-refractivity contribution in [2.75, 3.05) is 13.1 Å². The molecule has 1 rings (SSSR count). The van der Waals surface area contributed by atoms with Crippen LogP contribution in [0.2, 0.25) is 0 Å². The molecule has 1 aliphatic heterocycles. The molecule has 12 nitrogen and oxygen atoms in total. The first kappa shape index (κ1) is 26.3. The van der Waals surface area contributed by atoms with Crippen LogP contribution >= 0.6 is 0 Å². The van der Waals surface area contributed by atoms with Gasteiger partial charge in [0.15, 0.2) is 0 Å². The first-order chi connectivity index (χ1) is 14.6. The van der Waals surface area contributed by atoms with E-state index in [1.54, 1.807) is 0 Å². The number of nitrogens with zero attached hydrogens (tertiary/aromatic N) is 1. The lowest BCUT2D eigenvalue weighted by molar-refractivity contribution is -0.150. The van der Waals surface area contributed by atoms with Gasteiger partial charge in [-0.25, -0.2) is 4.79 Å². The van der Waals surface area contributed by atoms with Gasteiger partial charge < -0.3 is 37.2 Å². The number of amides is 3. The van der Waals surface area contributed by atoms with Gasteiger partial charge in [0.25, 0.3) is 0 Å². The molecule has 1 heterocycles. The lowest BCUT2D eigenvalue weighted by Gasteiger charge is -2.28. The minimum Gasteiger partial charge on any atom is -0.481 e. The molecule has 4 unspecified atom stereocenters. The summed E-state index contributed by atoms with van der Waals surface area (Å²) in [7, 11) is 0. The van der Waals surface area contributed by atoms with E-state index in [-0.39, 0.29) is 19.4 Å². The number of nitrogens with two attached hydrogens (primary N) is 2. The van der Waals surface area contributed by atoms with Crippen molar-refractivity contribution in [2.24, 2.45) is 11.5 Å². The van der Waals surface area contributed by atoms with Crippen molar-refractivity contribution in [1.82, 2.24) is 15.5 Å². The Morgan fingerprint density at radius 3 is 2.32 bits per heavy atom. The second-order valence-corrected chi connectivity index (χ2v) is 7.64. The summed E-state index contributed by atoms with van der Waals surface area (Å²) in [5.41, 5.74) is 11.2. The fraction of sp³-hybridized carbons (Fsp3) is 0.737. The number of hydrogen-bond donors (Lipinski definition) is 6. The highest BCUT2D eigenvalue weighted by Crippen LogP contribution is 2.19. The second kappa shape index (κ2) is 12.8. The van der Waals surface area contributed by atoms with Crippen molar-refractivity contribution >= 4 is 29.7 Å². The van der Waals surface area contributed by atoms with Gasteiger partial charge in [-0.1, -0.05) is 6.42 Å². The van der Waals surface area contributed by atoms with E-state index in [0.29, 0.717) is 25.8 Å². The molecule has 0 radical (unpaired) electrons. The predicted molar refractivity (Wildman–Crippen MR) is 110 cm³/mol. The zero-order valence-corrected chi connectivity index (χ0v) is 17.7. The van der Waals surface area contributed by atoms with Crippen LogP contribution in [0, 0.1) is 0 Å². The topological polar surface area (TPSA) is 205 Å². The minimum atomic E-state index is -1.22. The van der Waals surface area contributed by atoms with Gasteiger partial charge in [-0.15, -0.1) is 0 Å². The Labute approximate surface area is 180 Å². The Kier molecular flexibility index (Phi) is 10.9. The molecule has 0 aromatic carbocycles. The maximum Gasteiger partial charge on any atom is 0.326 e. The van der Waals surface area contributed by atoms with Gasteiger partial charge in [0.1, 0.15) is 18.1 Å². The maximum absolute atomic E-state index is 12.8. The molecule has 1 fully saturated rings. The zero-order valence-electron chi connectivity index (χ0n) is 17.7. The number of hydrogen-bond acceptors (Lipinski definition) is 7. The van der Waals surface area contributed by atoms with E-state index in [1.165, 1.54) is 6.92 Å². The molecule has 4 atom stereocenters. The van der Waals surface area contributed by atoms with Crippen molar-refractivity contribution in [1.29, 1.82) is 0 Å². The summed E-state index contributed by atoms with van der Waals surface area (Å²) in [4.78, 5) is 61.0. The summed E-state index contributed by atoms with van der Waals surface area (Å²) in [6.07, 6.45) is 1.97. The average Bonchev–Trinajstić information content (AvgIpc) is 3.20. The van der Waals surface area contributed by atoms with Gasteiger partial charge in [-0.3, -0.25) is 19.2 Å². The van der Waals surface area contributed by atoms with Gasteiger partial charge in [0.2, 0.25) is 17.7 Å². The highest BCUT2D eigenvalue weighted by molar-refractivity contribution is 5.94. The Morgan fingerprint density at radius 2 is 1.74 bits per heavy atom. The van der Waals surface area contributed by atoms with E-state index >= 15 is 0 Å². The monoisotopic (exact) mass is 443 g/mol. The first-order valence-corrected chi connectivity index (χ1v) is 10.4. The smallest absolute Gasteiger partial charge is 0.326 e. The molecular weight excluding hydrogens is 410 g/mol. The maximum atomic E-state index is 12.8. The number of carboxylic acids is 2. The van der Waals surface area contributed by atoms with Crippen molar-refractivity contribution in [3.05, 3.63) is 0 Å². The molecule has 1 saturated heterocycles. The fourth-order valence-electron chi connectivity index (χ4n) is 3.33. The van der Waals surface area contributed by atoms with Gasteiger partial charge >= 0.3 is 11.9 Å². The number of likely N-dealkylation sites (tertiary alicyclic amines) is 1. The van der Waals surface area contributed by atoms with Gasteiger partial charge in [0.05, 0.1) is 6.04 Å². The normalized spacial score (nSPS) is 18.7. The summed E-state index contributed by atoms with van der Waals surface area (Å²) >= 11 is 0. The lowest BCUT2D eigenvalue weighted by Crippen LogP contribution is -2.56. The summed E-state index contributed by atoms with van der Waals surface area (Å²) in [6, 6.07) is -4.07. The third-order valence-electron chi connectivity index (χ3n) is 5.14. The van der Waals surface area contributed by atoms with E-state index < -0.39 is 60.2 Å². The Bertz CT molecular complexity index is 672. The van der Waals surface area contributed by atoms with Crippen LogP contribution < -0.4 is 22.1 Å². The van der Waals surface area contributed by atoms with Crippen LogP contribution in [0.15, 0.2) is 0 Å². The quantitative estimate of drug-likeness (QED) is 0.180. The minimum absolute atomic E-state index is 0.206. The molecule has 3 amide bonds. The molecule has 12 heteroatoms. The molecule has 8 N–H and O–H groups in total. The fourth-order valence-corrected chi connectivity index (χ4v) is 3.33. The summed E-state index contributed by atoms with van der Waals surface area (Å²) in [6.45, 7) is 2.10. The lowest BCUT2D eigenvalue weighted by atomic mass is 10.1. The number of carboxylic acid groups (broad SMARTS) is 2. The third-order valence-corrected chi connectivity index (χ3v) is 5.14. The SMILES string of the molecule is CC(NC(=O)C(N)CCCCN)C(=O)NC(CCC(=O)O)C(=O)N1CCCC1C(=O)O. The molecule has 31 heavy (non-hydrogen) atoms. The summed E-state index contributed by atoms with van der Waals surface area (Å²) in [5, 5.41) is 23.2. The Morgan fingerprint density at radius 1 is 1.06 bits per heavy atom. The van der Waals surface area contributed by atoms with Crippen molar-refractivity contribution in [3.8, 4) is 0 Å². The van der Waals surface area contributed by atoms with E-state index in [4.69, 9.17) is 16.6 Å². The van der Waals surface area contributed by atoms with Crippen LogP contribution in [0.3, 0.4) is 0 Å². The molecule has 176 valence electrons. The largest absolute Gasteiger partial charge is 0.481 e. The number of aliphatic carboxylic acids is 2. The third kappa shape index (κ3) is 8.50. The number of nitrogens with one attached hydrogen (secondary N) is 2. The van der Waals surface area contributed by atoms with Crippen LogP contribution in [0.25, 0.3) is 0 Å². The molecule has 1 aliphatic rings. The molecule has 0 aromatic rings. The standard InChI is InChI=1S/C19H33N5O7/c1-11(22-17(28)12(21)5-2-3-9-20)16(27)23-13(7-8-15(25)26)18(29)24-10-4-6-14(24)19(30)31/h11-14H,2-10,20-21H2,1H3,(H,22,28)(H,23,27)(H,25,26)(H,30,31). The van der Waals surface area contributed by atoms with Gasteiger partial charge in [0, 0.05) is 13.0 Å². The zero-order chi connectivity index (χ0) is 23.6. The average molecular weight is 444 g/mol. The Hall–Kier alpha value is -2.73. The molecule has 0 spiro atoms. The van der Waals surface area contributed by atoms with Crippen LogP contribution in [0.4, 0.5) is 0 Å². The van der Waals surface area contributed by atoms with Crippen LogP contribution in [0.5, 0.6) is 0 Å². The highest BCUT2D eigenvalue weighted by atomic mass is 16.4. The van der Waals surface area contributed by atoms with Crippen molar-refractivity contribution in [2.45, 2.75) is 76.0 Å². The molecule has 0 aromatic heterocycles. The van der Waals surface area contributed by atoms with E-state index in [1.807, 2.05) is 0 Å². The van der Waals surface area contributed by atoms with E-state index in [2.05, 4.69) is 10.6 Å². The summed E-state index contributed by atoms with van der Waals surface area (Å²) < 4.78 is 0. The van der Waals surface area contributed by atoms with Crippen LogP contribution in [0.1, 0.15) is 51.9 Å². The van der Waals surface area contributed by atoms with Gasteiger partial charge in [-0.05, 0) is 45.6 Å². The highest BCUT2D eigenvalue weighted by Gasteiger charge is 2.38. The predicted octanol–water partition coefficient (Wildman–Crippen LogP) is -1.63. The van der Waals surface area contributed by atoms with Crippen LogP contribution in [-0.2, 0) is 24.0 Å². The number of carbonyl (C=O) groups is 5. The molecule has 0 saturated carbocycles. The second-order valence-electron chi connectivity index (χ2n) is 7.64. The van der Waals surface area contributed by atoms with E-state index in [9.17, 15) is 29.1 Å². The molecule has 0 aliphatic carbocycles.